The number of benzene rings is 2. The van der Waals surface area contributed by atoms with Crippen molar-refractivity contribution < 1.29 is 14.3 Å². The molecule has 1 aromatic heterocycles. The zero-order valence-electron chi connectivity index (χ0n) is 15.4. The predicted molar refractivity (Wildman–Crippen MR) is 110 cm³/mol. The minimum absolute atomic E-state index is 0.287. The summed E-state index contributed by atoms with van der Waals surface area (Å²) < 4.78 is 12.4. The van der Waals surface area contributed by atoms with Gasteiger partial charge in [-0.25, -0.2) is 4.68 Å². The molecule has 8 heteroatoms. The zero-order valence-corrected chi connectivity index (χ0v) is 16.9. The molecule has 0 saturated heterocycles. The summed E-state index contributed by atoms with van der Waals surface area (Å²) in [6, 6.07) is 12.0. The van der Waals surface area contributed by atoms with E-state index in [1.54, 1.807) is 47.3 Å². The highest BCUT2D eigenvalue weighted by Crippen LogP contribution is 2.28. The predicted octanol–water partition coefficient (Wildman–Crippen LogP) is 4.90. The monoisotopic (exact) mass is 419 g/mol. The maximum atomic E-state index is 12.7. The summed E-state index contributed by atoms with van der Waals surface area (Å²) in [6.07, 6.45) is 1.61. The van der Waals surface area contributed by atoms with Crippen LogP contribution in [0.25, 0.3) is 0 Å². The number of ether oxygens (including phenoxy) is 2. The van der Waals surface area contributed by atoms with E-state index in [1.807, 2.05) is 13.0 Å². The number of carbonyl (C=O) groups is 1. The number of nitrogens with one attached hydrogen (secondary N) is 1. The minimum atomic E-state index is -0.287. The molecule has 0 atom stereocenters. The molecular weight excluding hydrogens is 401 g/mol. The Morgan fingerprint density at radius 2 is 1.96 bits per heavy atom. The molecule has 1 heterocycles. The molecule has 0 fully saturated rings. The lowest BCUT2D eigenvalue weighted by atomic mass is 10.2. The Kier molecular flexibility index (Phi) is 6.44. The van der Waals surface area contributed by atoms with Crippen LogP contribution in [0.4, 0.5) is 5.82 Å². The first kappa shape index (κ1) is 20.0. The van der Waals surface area contributed by atoms with Crippen LogP contribution in [0, 0.1) is 0 Å². The van der Waals surface area contributed by atoms with Gasteiger partial charge in [0.2, 0.25) is 0 Å². The number of hydrogen-bond donors (Lipinski definition) is 1. The number of aromatic nitrogens is 2. The Morgan fingerprint density at radius 3 is 2.68 bits per heavy atom. The van der Waals surface area contributed by atoms with Crippen LogP contribution in [0.2, 0.25) is 10.0 Å². The topological polar surface area (TPSA) is 65.4 Å². The molecule has 3 aromatic rings. The maximum Gasteiger partial charge on any atom is 0.256 e. The van der Waals surface area contributed by atoms with E-state index in [4.69, 9.17) is 32.7 Å². The van der Waals surface area contributed by atoms with Crippen molar-refractivity contribution in [3.8, 4) is 11.5 Å². The lowest BCUT2D eigenvalue weighted by Gasteiger charge is -2.12. The van der Waals surface area contributed by atoms with Crippen molar-refractivity contribution >= 4 is 34.9 Å². The largest absolute Gasteiger partial charge is 0.493 e. The van der Waals surface area contributed by atoms with Gasteiger partial charge in [0.15, 0.2) is 11.5 Å². The highest BCUT2D eigenvalue weighted by atomic mass is 35.5. The number of amides is 1. The molecule has 1 N–H and O–H groups in total. The van der Waals surface area contributed by atoms with Crippen molar-refractivity contribution in [1.29, 1.82) is 0 Å². The van der Waals surface area contributed by atoms with E-state index in [-0.39, 0.29) is 5.91 Å². The van der Waals surface area contributed by atoms with Gasteiger partial charge in [0.05, 0.1) is 26.5 Å². The third kappa shape index (κ3) is 4.58. The molecule has 28 heavy (non-hydrogen) atoms. The summed E-state index contributed by atoms with van der Waals surface area (Å²) in [6.45, 7) is 2.79. The lowest BCUT2D eigenvalue weighted by molar-refractivity contribution is 0.102. The lowest BCUT2D eigenvalue weighted by Crippen LogP contribution is -2.16. The molecule has 0 aliphatic carbocycles. The molecule has 146 valence electrons. The van der Waals surface area contributed by atoms with Gasteiger partial charge in [0.25, 0.3) is 5.91 Å². The second-order valence-corrected chi connectivity index (χ2v) is 6.71. The molecule has 0 spiro atoms. The molecule has 0 radical (unpaired) electrons. The Labute approximate surface area is 173 Å². The van der Waals surface area contributed by atoms with E-state index < -0.39 is 0 Å². The SMILES string of the molecule is CCOc1ccc(C(=O)Nc2ccnn2Cc2ccc(Cl)cc2Cl)cc1OC. The summed E-state index contributed by atoms with van der Waals surface area (Å²) in [5, 5.41) is 8.22. The Bertz CT molecular complexity index is 989. The summed E-state index contributed by atoms with van der Waals surface area (Å²) in [5.74, 6) is 1.34. The Hall–Kier alpha value is -2.70. The number of anilines is 1. The van der Waals surface area contributed by atoms with E-state index >= 15 is 0 Å². The summed E-state index contributed by atoms with van der Waals surface area (Å²) in [4.78, 5) is 12.7. The molecule has 0 bridgehead atoms. The third-order valence-electron chi connectivity index (χ3n) is 4.02. The number of hydrogen-bond acceptors (Lipinski definition) is 4. The standard InChI is InChI=1S/C20H19Cl2N3O3/c1-3-28-17-7-5-13(10-18(17)27-2)20(26)24-19-8-9-23-25(19)12-14-4-6-15(21)11-16(14)22/h4-11H,3,12H2,1-2H3,(H,24,26). The van der Waals surface area contributed by atoms with Crippen molar-refractivity contribution in [2.75, 3.05) is 19.0 Å². The van der Waals surface area contributed by atoms with Crippen molar-refractivity contribution in [3.63, 3.8) is 0 Å². The molecule has 3 rings (SSSR count). The summed E-state index contributed by atoms with van der Waals surface area (Å²) in [5.41, 5.74) is 1.28. The van der Waals surface area contributed by atoms with Crippen molar-refractivity contribution in [2.45, 2.75) is 13.5 Å². The van der Waals surface area contributed by atoms with Crippen LogP contribution >= 0.6 is 23.2 Å². The number of methoxy groups -OCH3 is 1. The highest BCUT2D eigenvalue weighted by molar-refractivity contribution is 6.35. The zero-order chi connectivity index (χ0) is 20.1. The van der Waals surface area contributed by atoms with Gasteiger partial charge in [-0.15, -0.1) is 0 Å². The average molecular weight is 420 g/mol. The smallest absolute Gasteiger partial charge is 0.256 e. The quantitative estimate of drug-likeness (QED) is 0.591. The van der Waals surface area contributed by atoms with Crippen molar-refractivity contribution in [2.24, 2.45) is 0 Å². The second-order valence-electron chi connectivity index (χ2n) is 5.86. The first-order valence-electron chi connectivity index (χ1n) is 8.59. The van der Waals surface area contributed by atoms with E-state index in [1.165, 1.54) is 7.11 Å². The van der Waals surface area contributed by atoms with Crippen LogP contribution in [0.3, 0.4) is 0 Å². The first-order valence-corrected chi connectivity index (χ1v) is 9.35. The van der Waals surface area contributed by atoms with Gasteiger partial charge in [-0.3, -0.25) is 4.79 Å². The van der Waals surface area contributed by atoms with Crippen LogP contribution in [-0.2, 0) is 6.54 Å². The number of rotatable bonds is 7. The summed E-state index contributed by atoms with van der Waals surface area (Å²) in [7, 11) is 1.53. The molecule has 0 saturated carbocycles. The van der Waals surface area contributed by atoms with E-state index in [0.717, 1.165) is 5.56 Å². The highest BCUT2D eigenvalue weighted by Gasteiger charge is 2.14. The van der Waals surface area contributed by atoms with Crippen molar-refractivity contribution in [3.05, 3.63) is 69.8 Å². The van der Waals surface area contributed by atoms with E-state index in [2.05, 4.69) is 10.4 Å². The molecule has 0 aliphatic rings. The summed E-state index contributed by atoms with van der Waals surface area (Å²) >= 11 is 12.2. The fourth-order valence-corrected chi connectivity index (χ4v) is 3.12. The van der Waals surface area contributed by atoms with Gasteiger partial charge in [-0.1, -0.05) is 29.3 Å². The normalized spacial score (nSPS) is 10.6. The van der Waals surface area contributed by atoms with Crippen LogP contribution in [0.15, 0.2) is 48.7 Å². The van der Waals surface area contributed by atoms with Crippen LogP contribution in [0.5, 0.6) is 11.5 Å². The first-order chi connectivity index (χ1) is 13.5. The number of nitrogens with zero attached hydrogens (tertiary/aromatic N) is 2. The minimum Gasteiger partial charge on any atom is -0.493 e. The Morgan fingerprint density at radius 1 is 1.14 bits per heavy atom. The second kappa shape index (κ2) is 8.99. The average Bonchev–Trinajstić information content (AvgIpc) is 3.11. The fraction of sp³-hybridized carbons (Fsp3) is 0.200. The molecule has 1 amide bonds. The van der Waals surface area contributed by atoms with Gasteiger partial charge >= 0.3 is 0 Å². The fourth-order valence-electron chi connectivity index (χ4n) is 2.65. The molecule has 6 nitrogen and oxygen atoms in total. The maximum absolute atomic E-state index is 12.7. The van der Waals surface area contributed by atoms with Gasteiger partial charge in [0.1, 0.15) is 5.82 Å². The van der Waals surface area contributed by atoms with Crippen LogP contribution in [-0.4, -0.2) is 29.4 Å². The molecule has 0 unspecified atom stereocenters. The van der Waals surface area contributed by atoms with E-state index in [0.29, 0.717) is 46.1 Å². The van der Waals surface area contributed by atoms with Gasteiger partial charge in [-0.2, -0.15) is 5.10 Å². The van der Waals surface area contributed by atoms with Gasteiger partial charge in [0, 0.05) is 21.7 Å². The number of halogens is 2. The molecular formula is C20H19Cl2N3O3. The van der Waals surface area contributed by atoms with Gasteiger partial charge in [-0.05, 0) is 42.8 Å². The third-order valence-corrected chi connectivity index (χ3v) is 4.61. The number of carbonyl (C=O) groups excluding carboxylic acids is 1. The van der Waals surface area contributed by atoms with Crippen LogP contribution in [0.1, 0.15) is 22.8 Å². The molecule has 0 aliphatic heterocycles. The van der Waals surface area contributed by atoms with E-state index in [9.17, 15) is 4.79 Å². The Balaban J connectivity index is 1.78. The van der Waals surface area contributed by atoms with Crippen molar-refractivity contribution in [1.82, 2.24) is 9.78 Å². The molecule has 2 aromatic carbocycles. The van der Waals surface area contributed by atoms with Crippen LogP contribution < -0.4 is 14.8 Å². The van der Waals surface area contributed by atoms with Gasteiger partial charge < -0.3 is 14.8 Å².